The molecule has 31 heavy (non-hydrogen) atoms. The molecular formula is C25H26N4O2. The van der Waals surface area contributed by atoms with Crippen LogP contribution in [0.15, 0.2) is 77.6 Å². The van der Waals surface area contributed by atoms with E-state index in [1.54, 1.807) is 9.58 Å². The molecule has 6 nitrogen and oxygen atoms in total. The summed E-state index contributed by atoms with van der Waals surface area (Å²) >= 11 is 0. The summed E-state index contributed by atoms with van der Waals surface area (Å²) in [5, 5.41) is 4.41. The summed E-state index contributed by atoms with van der Waals surface area (Å²) in [6.45, 7) is 5.35. The predicted molar refractivity (Wildman–Crippen MR) is 122 cm³/mol. The van der Waals surface area contributed by atoms with Gasteiger partial charge in [0.05, 0.1) is 5.69 Å². The highest BCUT2D eigenvalue weighted by atomic mass is 16.2. The van der Waals surface area contributed by atoms with Gasteiger partial charge in [-0.05, 0) is 24.6 Å². The molecule has 1 fully saturated rings. The molecule has 0 spiro atoms. The summed E-state index contributed by atoms with van der Waals surface area (Å²) < 4.78 is 1.65. The topological polar surface area (TPSA) is 58.4 Å². The van der Waals surface area contributed by atoms with Crippen LogP contribution in [-0.2, 0) is 0 Å². The fourth-order valence-electron chi connectivity index (χ4n) is 3.71. The van der Waals surface area contributed by atoms with E-state index in [1.165, 1.54) is 11.6 Å². The molecule has 2 aromatic carbocycles. The minimum Gasteiger partial charge on any atom is -0.335 e. The van der Waals surface area contributed by atoms with E-state index in [0.29, 0.717) is 18.8 Å². The molecule has 3 aromatic rings. The Hall–Kier alpha value is -3.51. The Morgan fingerprint density at radius 2 is 1.61 bits per heavy atom. The maximum Gasteiger partial charge on any atom is 0.278 e. The monoisotopic (exact) mass is 414 g/mol. The van der Waals surface area contributed by atoms with Crippen molar-refractivity contribution >= 4 is 12.0 Å². The van der Waals surface area contributed by atoms with Crippen molar-refractivity contribution in [2.45, 2.75) is 6.92 Å². The van der Waals surface area contributed by atoms with Gasteiger partial charge in [-0.25, -0.2) is 4.68 Å². The summed E-state index contributed by atoms with van der Waals surface area (Å²) in [5.74, 6) is -0.297. The maximum absolute atomic E-state index is 13.0. The van der Waals surface area contributed by atoms with Crippen LogP contribution < -0.4 is 5.43 Å². The van der Waals surface area contributed by atoms with E-state index in [1.807, 2.05) is 55.5 Å². The lowest BCUT2D eigenvalue weighted by molar-refractivity contribution is 0.0641. The van der Waals surface area contributed by atoms with Gasteiger partial charge >= 0.3 is 0 Å². The molecule has 2 heterocycles. The van der Waals surface area contributed by atoms with Crippen LogP contribution in [0, 0.1) is 6.92 Å². The number of amides is 1. The second-order valence-corrected chi connectivity index (χ2v) is 7.65. The van der Waals surface area contributed by atoms with Crippen molar-refractivity contribution in [3.63, 3.8) is 0 Å². The lowest BCUT2D eigenvalue weighted by atomic mass is 10.2. The first-order chi connectivity index (χ1) is 15.1. The van der Waals surface area contributed by atoms with Crippen LogP contribution in [0.5, 0.6) is 0 Å². The molecule has 0 N–H and O–H groups in total. The first-order valence-corrected chi connectivity index (χ1v) is 10.5. The Kier molecular flexibility index (Phi) is 6.38. The van der Waals surface area contributed by atoms with E-state index < -0.39 is 0 Å². The normalized spacial score (nSPS) is 14.8. The van der Waals surface area contributed by atoms with Gasteiger partial charge in [0.25, 0.3) is 5.91 Å². The highest BCUT2D eigenvalue weighted by Crippen LogP contribution is 2.10. The second-order valence-electron chi connectivity index (χ2n) is 7.65. The van der Waals surface area contributed by atoms with Gasteiger partial charge in [-0.3, -0.25) is 14.5 Å². The van der Waals surface area contributed by atoms with Crippen molar-refractivity contribution in [1.82, 2.24) is 19.6 Å². The number of aryl methyl sites for hydroxylation is 1. The number of benzene rings is 2. The first kappa shape index (κ1) is 20.8. The number of para-hydroxylation sites is 1. The van der Waals surface area contributed by atoms with Gasteiger partial charge < -0.3 is 4.90 Å². The molecule has 1 saturated heterocycles. The lowest BCUT2D eigenvalue weighted by Crippen LogP contribution is -2.49. The van der Waals surface area contributed by atoms with Crippen molar-refractivity contribution in [3.8, 4) is 5.69 Å². The van der Waals surface area contributed by atoms with E-state index in [0.717, 1.165) is 25.3 Å². The summed E-state index contributed by atoms with van der Waals surface area (Å²) in [6, 6.07) is 21.2. The standard InChI is InChI=1S/C25H26N4O2/c1-20-19-23(30)24(26-29(20)22-12-6-3-7-13-22)25(31)28-17-15-27(16-18-28)14-8-11-21-9-4-2-5-10-21/h2-13,19H,14-18H2,1H3. The van der Waals surface area contributed by atoms with E-state index in [4.69, 9.17) is 0 Å². The quantitative estimate of drug-likeness (QED) is 0.644. The van der Waals surface area contributed by atoms with Crippen LogP contribution in [0.1, 0.15) is 21.7 Å². The summed E-state index contributed by atoms with van der Waals surface area (Å²) in [4.78, 5) is 29.6. The second kappa shape index (κ2) is 9.53. The van der Waals surface area contributed by atoms with Gasteiger partial charge in [0.2, 0.25) is 5.43 Å². The van der Waals surface area contributed by atoms with Crippen molar-refractivity contribution in [3.05, 3.63) is 100.0 Å². The smallest absolute Gasteiger partial charge is 0.278 e. The number of aromatic nitrogens is 2. The highest BCUT2D eigenvalue weighted by Gasteiger charge is 2.25. The minimum absolute atomic E-state index is 0.0214. The first-order valence-electron chi connectivity index (χ1n) is 10.5. The van der Waals surface area contributed by atoms with Crippen LogP contribution in [0.25, 0.3) is 11.8 Å². The number of rotatable bonds is 5. The third-order valence-electron chi connectivity index (χ3n) is 5.44. The molecule has 1 aromatic heterocycles. The van der Waals surface area contributed by atoms with Crippen molar-refractivity contribution in [2.75, 3.05) is 32.7 Å². The largest absolute Gasteiger partial charge is 0.335 e. The predicted octanol–water partition coefficient (Wildman–Crippen LogP) is 3.01. The molecule has 0 unspecified atom stereocenters. The lowest BCUT2D eigenvalue weighted by Gasteiger charge is -2.33. The van der Waals surface area contributed by atoms with Crippen LogP contribution in [0.3, 0.4) is 0 Å². The average molecular weight is 415 g/mol. The molecule has 4 rings (SSSR count). The third kappa shape index (κ3) is 4.98. The third-order valence-corrected chi connectivity index (χ3v) is 5.44. The summed E-state index contributed by atoms with van der Waals surface area (Å²) in [7, 11) is 0. The molecule has 1 aliphatic heterocycles. The van der Waals surface area contributed by atoms with Crippen molar-refractivity contribution in [2.24, 2.45) is 0 Å². The van der Waals surface area contributed by atoms with Crippen LogP contribution in [0.2, 0.25) is 0 Å². The molecule has 1 amide bonds. The SMILES string of the molecule is Cc1cc(=O)c(C(=O)N2CCN(CC=Cc3ccccc3)CC2)nn1-c1ccccc1. The number of hydrogen-bond acceptors (Lipinski definition) is 4. The van der Waals surface area contributed by atoms with E-state index in [-0.39, 0.29) is 17.0 Å². The van der Waals surface area contributed by atoms with Crippen molar-refractivity contribution in [1.29, 1.82) is 0 Å². The number of hydrogen-bond donors (Lipinski definition) is 0. The molecule has 0 radical (unpaired) electrons. The number of carbonyl (C=O) groups is 1. The Labute approximate surface area is 182 Å². The minimum atomic E-state index is -0.331. The molecule has 0 saturated carbocycles. The van der Waals surface area contributed by atoms with Crippen molar-refractivity contribution < 1.29 is 4.79 Å². The van der Waals surface area contributed by atoms with E-state index in [9.17, 15) is 9.59 Å². The van der Waals surface area contributed by atoms with E-state index >= 15 is 0 Å². The van der Waals surface area contributed by atoms with Gasteiger partial charge in [0, 0.05) is 44.5 Å². The van der Waals surface area contributed by atoms with Gasteiger partial charge in [0.15, 0.2) is 5.69 Å². The highest BCUT2D eigenvalue weighted by molar-refractivity contribution is 5.92. The van der Waals surface area contributed by atoms with Gasteiger partial charge in [-0.1, -0.05) is 60.7 Å². The number of carbonyl (C=O) groups excluding carboxylic acids is 1. The summed E-state index contributed by atoms with van der Waals surface area (Å²) in [6.07, 6.45) is 4.26. The zero-order valence-corrected chi connectivity index (χ0v) is 17.6. The zero-order valence-electron chi connectivity index (χ0n) is 17.6. The zero-order chi connectivity index (χ0) is 21.6. The van der Waals surface area contributed by atoms with Crippen LogP contribution in [0.4, 0.5) is 0 Å². The molecule has 0 aliphatic carbocycles. The molecular weight excluding hydrogens is 388 g/mol. The molecule has 6 heteroatoms. The van der Waals surface area contributed by atoms with Gasteiger partial charge in [-0.2, -0.15) is 5.10 Å². The maximum atomic E-state index is 13.0. The molecule has 0 atom stereocenters. The average Bonchev–Trinajstić information content (AvgIpc) is 2.80. The molecule has 1 aliphatic rings. The Bertz CT molecular complexity index is 1120. The number of piperazine rings is 1. The Morgan fingerprint density at radius 3 is 2.29 bits per heavy atom. The Balaban J connectivity index is 1.41. The number of nitrogens with zero attached hydrogens (tertiary/aromatic N) is 4. The van der Waals surface area contributed by atoms with E-state index in [2.05, 4.69) is 34.3 Å². The van der Waals surface area contributed by atoms with Gasteiger partial charge in [0.1, 0.15) is 0 Å². The fourth-order valence-corrected chi connectivity index (χ4v) is 3.71. The van der Waals surface area contributed by atoms with Crippen LogP contribution >= 0.6 is 0 Å². The molecule has 0 bridgehead atoms. The van der Waals surface area contributed by atoms with Crippen LogP contribution in [-0.4, -0.2) is 58.2 Å². The summed E-state index contributed by atoms with van der Waals surface area (Å²) in [5.41, 5.74) is 2.35. The Morgan fingerprint density at radius 1 is 0.968 bits per heavy atom. The fraction of sp³-hybridized carbons (Fsp3) is 0.240. The molecule has 158 valence electrons. The van der Waals surface area contributed by atoms with Gasteiger partial charge in [-0.15, -0.1) is 0 Å².